The molecule has 0 aliphatic carbocycles. The second kappa shape index (κ2) is 10.2. The number of carbonyl (C=O) groups is 1. The minimum Gasteiger partial charge on any atom is -0.477 e. The van der Waals surface area contributed by atoms with Gasteiger partial charge in [0.2, 0.25) is 5.43 Å². The summed E-state index contributed by atoms with van der Waals surface area (Å²) in [6.45, 7) is 5.08. The normalized spacial score (nSPS) is 14.1. The number of aromatic nitrogens is 1. The Morgan fingerprint density at radius 2 is 1.65 bits per heavy atom. The molecule has 0 atom stereocenters. The fourth-order valence-electron chi connectivity index (χ4n) is 4.55. The molecule has 0 unspecified atom stereocenters. The minimum atomic E-state index is -1.31. The molecule has 6 nitrogen and oxygen atoms in total. The number of aromatic carboxylic acids is 1. The van der Waals surface area contributed by atoms with Gasteiger partial charge in [0, 0.05) is 50.0 Å². The van der Waals surface area contributed by atoms with Gasteiger partial charge in [-0.2, -0.15) is 0 Å². The molecule has 1 fully saturated rings. The lowest BCUT2D eigenvalue weighted by Crippen LogP contribution is -2.46. The fourth-order valence-corrected chi connectivity index (χ4v) is 4.55. The number of piperazine rings is 1. The van der Waals surface area contributed by atoms with Gasteiger partial charge in [-0.05, 0) is 42.8 Å². The van der Waals surface area contributed by atoms with Gasteiger partial charge in [-0.3, -0.25) is 4.79 Å². The molecule has 1 N–H and O–H groups in total. The summed E-state index contributed by atoms with van der Waals surface area (Å²) in [5, 5.41) is 9.57. The molecule has 3 aromatic rings. The van der Waals surface area contributed by atoms with Crippen molar-refractivity contribution >= 4 is 28.2 Å². The van der Waals surface area contributed by atoms with Gasteiger partial charge in [0.15, 0.2) is 0 Å². The summed E-state index contributed by atoms with van der Waals surface area (Å²) >= 11 is 0. The van der Waals surface area contributed by atoms with Crippen LogP contribution in [0.4, 0.5) is 20.2 Å². The topological polar surface area (TPSA) is 65.8 Å². The first-order valence-corrected chi connectivity index (χ1v) is 11.7. The van der Waals surface area contributed by atoms with Crippen LogP contribution in [0.1, 0.15) is 43.0 Å². The van der Waals surface area contributed by atoms with E-state index in [2.05, 4.69) is 11.8 Å². The van der Waals surface area contributed by atoms with Gasteiger partial charge in [-0.1, -0.05) is 26.2 Å². The summed E-state index contributed by atoms with van der Waals surface area (Å²) in [5.74, 6) is -2.14. The standard InChI is InChI=1S/C26H29F2N3O3/c1-2-3-4-5-10-31-17-21(26(33)34)25(32)20-15-22(28)24(16-23(20)31)30-13-11-29(12-14-30)19-8-6-18(27)7-9-19/h6-9,15-17H,2-5,10-14H2,1H3,(H,33,34). The van der Waals surface area contributed by atoms with Crippen LogP contribution in [0.2, 0.25) is 0 Å². The number of aryl methyl sites for hydroxylation is 1. The Labute approximate surface area is 197 Å². The highest BCUT2D eigenvalue weighted by molar-refractivity contribution is 5.93. The first kappa shape index (κ1) is 23.7. The van der Waals surface area contributed by atoms with Crippen LogP contribution in [0.3, 0.4) is 0 Å². The molecule has 4 rings (SSSR count). The van der Waals surface area contributed by atoms with Crippen LogP contribution < -0.4 is 15.2 Å². The van der Waals surface area contributed by atoms with E-state index in [0.29, 0.717) is 43.9 Å². The third-order valence-corrected chi connectivity index (χ3v) is 6.44. The largest absolute Gasteiger partial charge is 0.477 e. The SMILES string of the molecule is CCCCCCn1cc(C(=O)O)c(=O)c2cc(F)c(N3CCN(c4ccc(F)cc4)CC3)cc21. The molecular formula is C26H29F2N3O3. The molecule has 0 bridgehead atoms. The molecule has 0 saturated carbocycles. The maximum Gasteiger partial charge on any atom is 0.341 e. The lowest BCUT2D eigenvalue weighted by molar-refractivity contribution is 0.0694. The average Bonchev–Trinajstić information content (AvgIpc) is 2.83. The number of halogens is 2. The van der Waals surface area contributed by atoms with Crippen molar-refractivity contribution in [2.75, 3.05) is 36.0 Å². The first-order chi connectivity index (χ1) is 16.4. The van der Waals surface area contributed by atoms with Crippen LogP contribution in [0, 0.1) is 11.6 Å². The van der Waals surface area contributed by atoms with E-state index in [9.17, 15) is 19.1 Å². The van der Waals surface area contributed by atoms with Gasteiger partial charge >= 0.3 is 5.97 Å². The molecular weight excluding hydrogens is 440 g/mol. The summed E-state index contributed by atoms with van der Waals surface area (Å²) in [6, 6.07) is 9.17. The Kier molecular flexibility index (Phi) is 7.14. The second-order valence-corrected chi connectivity index (χ2v) is 8.70. The highest BCUT2D eigenvalue weighted by Crippen LogP contribution is 2.28. The third kappa shape index (κ3) is 4.90. The predicted octanol–water partition coefficient (Wildman–Crippen LogP) is 4.88. The lowest BCUT2D eigenvalue weighted by atomic mass is 10.1. The van der Waals surface area contributed by atoms with Crippen LogP contribution in [0.5, 0.6) is 0 Å². The zero-order chi connectivity index (χ0) is 24.2. The maximum absolute atomic E-state index is 15.2. The van der Waals surface area contributed by atoms with Crippen LogP contribution in [-0.4, -0.2) is 41.8 Å². The second-order valence-electron chi connectivity index (χ2n) is 8.70. The average molecular weight is 470 g/mol. The van der Waals surface area contributed by atoms with Crippen LogP contribution in [-0.2, 0) is 6.54 Å². The van der Waals surface area contributed by atoms with E-state index >= 15 is 4.39 Å². The number of benzene rings is 2. The molecule has 8 heteroatoms. The van der Waals surface area contributed by atoms with Crippen molar-refractivity contribution < 1.29 is 18.7 Å². The highest BCUT2D eigenvalue weighted by Gasteiger charge is 2.23. The van der Waals surface area contributed by atoms with Crippen molar-refractivity contribution in [3.63, 3.8) is 0 Å². The van der Waals surface area contributed by atoms with Crippen molar-refractivity contribution in [3.05, 3.63) is 70.0 Å². The van der Waals surface area contributed by atoms with Gasteiger partial charge in [0.1, 0.15) is 17.2 Å². The number of anilines is 2. The molecule has 2 aromatic carbocycles. The van der Waals surface area contributed by atoms with Crippen molar-refractivity contribution in [3.8, 4) is 0 Å². The zero-order valence-corrected chi connectivity index (χ0v) is 19.3. The number of pyridine rings is 1. The third-order valence-electron chi connectivity index (χ3n) is 6.44. The summed E-state index contributed by atoms with van der Waals surface area (Å²) in [6.07, 6.45) is 5.36. The van der Waals surface area contributed by atoms with Crippen LogP contribution >= 0.6 is 0 Å². The van der Waals surface area contributed by atoms with Crippen molar-refractivity contribution in [2.24, 2.45) is 0 Å². The zero-order valence-electron chi connectivity index (χ0n) is 19.3. The van der Waals surface area contributed by atoms with E-state index in [1.54, 1.807) is 22.8 Å². The van der Waals surface area contributed by atoms with Gasteiger partial charge in [0.25, 0.3) is 0 Å². The molecule has 1 aromatic heterocycles. The number of carboxylic acid groups (broad SMARTS) is 1. The summed E-state index contributed by atoms with van der Waals surface area (Å²) in [4.78, 5) is 28.4. The minimum absolute atomic E-state index is 0.0848. The van der Waals surface area contributed by atoms with E-state index in [4.69, 9.17) is 0 Å². The Morgan fingerprint density at radius 1 is 0.971 bits per heavy atom. The Morgan fingerprint density at radius 3 is 2.29 bits per heavy atom. The Balaban J connectivity index is 1.64. The smallest absolute Gasteiger partial charge is 0.341 e. The monoisotopic (exact) mass is 469 g/mol. The van der Waals surface area contributed by atoms with Crippen molar-refractivity contribution in [1.82, 2.24) is 4.57 Å². The number of unbranched alkanes of at least 4 members (excludes halogenated alkanes) is 3. The van der Waals surface area contributed by atoms with E-state index in [1.807, 2.05) is 4.90 Å². The highest BCUT2D eigenvalue weighted by atomic mass is 19.1. The predicted molar refractivity (Wildman–Crippen MR) is 130 cm³/mol. The van der Waals surface area contributed by atoms with Gasteiger partial charge in [-0.15, -0.1) is 0 Å². The van der Waals surface area contributed by atoms with Crippen molar-refractivity contribution in [1.29, 1.82) is 0 Å². The Hall–Kier alpha value is -3.42. The quantitative estimate of drug-likeness (QED) is 0.476. The van der Waals surface area contributed by atoms with E-state index < -0.39 is 17.2 Å². The number of carboxylic acids is 1. The van der Waals surface area contributed by atoms with Crippen molar-refractivity contribution in [2.45, 2.75) is 39.2 Å². The van der Waals surface area contributed by atoms with E-state index in [-0.39, 0.29) is 16.8 Å². The van der Waals surface area contributed by atoms with Gasteiger partial charge in [0.05, 0.1) is 11.2 Å². The first-order valence-electron chi connectivity index (χ1n) is 11.7. The molecule has 0 radical (unpaired) electrons. The molecule has 0 amide bonds. The lowest BCUT2D eigenvalue weighted by Gasteiger charge is -2.37. The van der Waals surface area contributed by atoms with E-state index in [1.165, 1.54) is 24.4 Å². The molecule has 1 aliphatic rings. The van der Waals surface area contributed by atoms with Gasteiger partial charge in [-0.25, -0.2) is 13.6 Å². The molecule has 34 heavy (non-hydrogen) atoms. The number of hydrogen-bond donors (Lipinski definition) is 1. The number of rotatable bonds is 8. The van der Waals surface area contributed by atoms with Crippen LogP contribution in [0.25, 0.3) is 10.9 Å². The number of hydrogen-bond acceptors (Lipinski definition) is 4. The molecule has 2 heterocycles. The molecule has 1 saturated heterocycles. The summed E-state index contributed by atoms with van der Waals surface area (Å²) < 4.78 is 30.2. The summed E-state index contributed by atoms with van der Waals surface area (Å²) in [7, 11) is 0. The van der Waals surface area contributed by atoms with Gasteiger partial charge < -0.3 is 19.5 Å². The number of fused-ring (bicyclic) bond motifs is 1. The maximum atomic E-state index is 15.2. The Bertz CT molecular complexity index is 1230. The fraction of sp³-hybridized carbons (Fsp3) is 0.385. The molecule has 1 aliphatic heterocycles. The van der Waals surface area contributed by atoms with Crippen LogP contribution in [0.15, 0.2) is 47.4 Å². The van der Waals surface area contributed by atoms with E-state index in [0.717, 1.165) is 31.4 Å². The number of nitrogens with zero attached hydrogens (tertiary/aromatic N) is 3. The molecule has 180 valence electrons. The summed E-state index contributed by atoms with van der Waals surface area (Å²) in [5.41, 5.74) is 0.851. The molecule has 0 spiro atoms.